The fraction of sp³-hybridized carbons (Fsp3) is 0.950. The second-order valence-electron chi connectivity index (χ2n) is 9.61. The Balaban J connectivity index is 1.57. The molecule has 130 valence electrons. The lowest BCUT2D eigenvalue weighted by Crippen LogP contribution is -2.43. The van der Waals surface area contributed by atoms with Gasteiger partial charge < -0.3 is 5.11 Å². The van der Waals surface area contributed by atoms with E-state index in [1.54, 1.807) is 0 Å². The van der Waals surface area contributed by atoms with Crippen LogP contribution in [-0.4, -0.2) is 21.8 Å². The molecule has 0 spiro atoms. The average Bonchev–Trinajstić information content (AvgIpc) is 3.01. The number of aliphatic hydroxyl groups is 1. The Morgan fingerprint density at radius 2 is 1.83 bits per heavy atom. The third-order valence-electron chi connectivity index (χ3n) is 8.46. The molecule has 0 radical (unpaired) electrons. The zero-order valence-electron chi connectivity index (χ0n) is 14.6. The molecule has 0 aromatic heterocycles. The second kappa shape index (κ2) is 5.56. The zero-order valence-corrected chi connectivity index (χ0v) is 16.1. The standard InChI is InChI=1S/C20H31BrO2/c1-19(23)7-5-13-12(10-19)9-15-14(13)6-8-20(2)16(15)3-4-17(20)18(22)11-21/h12-17,23H,3-11H2,1-2H3/t12-,13+,14-,15-,16+,17-,19-,20+/m1/s1. The van der Waals surface area contributed by atoms with Crippen molar-refractivity contribution in [3.8, 4) is 0 Å². The molecule has 2 nitrogen and oxygen atoms in total. The van der Waals surface area contributed by atoms with E-state index in [9.17, 15) is 9.90 Å². The van der Waals surface area contributed by atoms with Crippen LogP contribution in [0.5, 0.6) is 0 Å². The first-order valence-electron chi connectivity index (χ1n) is 9.67. The summed E-state index contributed by atoms with van der Waals surface area (Å²) in [7, 11) is 0. The smallest absolute Gasteiger partial charge is 0.147 e. The Kier molecular flexibility index (Phi) is 4.00. The van der Waals surface area contributed by atoms with Crippen molar-refractivity contribution >= 4 is 21.7 Å². The Hall–Kier alpha value is 0.110. The van der Waals surface area contributed by atoms with Gasteiger partial charge in [0.1, 0.15) is 5.78 Å². The van der Waals surface area contributed by atoms with Gasteiger partial charge in [0.2, 0.25) is 0 Å². The predicted octanol–water partition coefficient (Wildman–Crippen LogP) is 4.58. The first kappa shape index (κ1) is 16.6. The van der Waals surface area contributed by atoms with Gasteiger partial charge in [0.25, 0.3) is 0 Å². The Morgan fingerprint density at radius 3 is 2.57 bits per heavy atom. The highest BCUT2D eigenvalue weighted by Gasteiger charge is 2.60. The summed E-state index contributed by atoms with van der Waals surface area (Å²) in [5, 5.41) is 11.0. The van der Waals surface area contributed by atoms with Crippen molar-refractivity contribution in [3.63, 3.8) is 0 Å². The third kappa shape index (κ3) is 2.47. The molecule has 0 aromatic rings. The van der Waals surface area contributed by atoms with E-state index < -0.39 is 5.60 Å². The van der Waals surface area contributed by atoms with Crippen molar-refractivity contribution in [2.75, 3.05) is 5.33 Å². The molecule has 4 fully saturated rings. The lowest BCUT2D eigenvalue weighted by Gasteiger charge is -2.47. The number of fused-ring (bicyclic) bond motifs is 5. The largest absolute Gasteiger partial charge is 0.390 e. The van der Waals surface area contributed by atoms with Gasteiger partial charge in [0, 0.05) is 5.92 Å². The molecule has 0 heterocycles. The van der Waals surface area contributed by atoms with Gasteiger partial charge >= 0.3 is 0 Å². The van der Waals surface area contributed by atoms with Crippen molar-refractivity contribution in [2.45, 2.75) is 70.8 Å². The van der Waals surface area contributed by atoms with Crippen molar-refractivity contribution < 1.29 is 9.90 Å². The highest BCUT2D eigenvalue weighted by atomic mass is 79.9. The summed E-state index contributed by atoms with van der Waals surface area (Å²) in [6.07, 6.45) is 9.50. The van der Waals surface area contributed by atoms with Crippen LogP contribution < -0.4 is 0 Å². The van der Waals surface area contributed by atoms with Gasteiger partial charge in [-0.3, -0.25) is 4.79 Å². The van der Waals surface area contributed by atoms with Gasteiger partial charge in [-0.25, -0.2) is 0 Å². The molecule has 4 aliphatic rings. The summed E-state index contributed by atoms with van der Waals surface area (Å²) < 4.78 is 0. The highest BCUT2D eigenvalue weighted by molar-refractivity contribution is 9.09. The molecule has 8 atom stereocenters. The maximum atomic E-state index is 12.4. The van der Waals surface area contributed by atoms with Crippen molar-refractivity contribution in [3.05, 3.63) is 0 Å². The molecule has 0 amide bonds. The van der Waals surface area contributed by atoms with Crippen molar-refractivity contribution in [1.29, 1.82) is 0 Å². The Bertz CT molecular complexity index is 502. The molecule has 4 rings (SSSR count). The van der Waals surface area contributed by atoms with E-state index in [1.807, 2.05) is 6.92 Å². The van der Waals surface area contributed by atoms with Crippen molar-refractivity contribution in [2.24, 2.45) is 40.9 Å². The monoisotopic (exact) mass is 382 g/mol. The number of hydrogen-bond donors (Lipinski definition) is 1. The summed E-state index contributed by atoms with van der Waals surface area (Å²) in [6, 6.07) is 0. The molecule has 4 saturated carbocycles. The summed E-state index contributed by atoms with van der Waals surface area (Å²) in [4.78, 5) is 12.4. The van der Waals surface area contributed by atoms with Crippen LogP contribution in [0.2, 0.25) is 0 Å². The minimum Gasteiger partial charge on any atom is -0.390 e. The molecular formula is C20H31BrO2. The molecule has 0 aromatic carbocycles. The summed E-state index contributed by atoms with van der Waals surface area (Å²) >= 11 is 3.41. The highest BCUT2D eigenvalue weighted by Crippen LogP contribution is 2.66. The predicted molar refractivity (Wildman–Crippen MR) is 95.4 cm³/mol. The first-order valence-corrected chi connectivity index (χ1v) is 10.8. The zero-order chi connectivity index (χ0) is 16.4. The average molecular weight is 383 g/mol. The fourth-order valence-corrected chi connectivity index (χ4v) is 7.90. The number of carbonyl (C=O) groups is 1. The normalized spacial score (nSPS) is 55.1. The van der Waals surface area contributed by atoms with Gasteiger partial charge in [-0.15, -0.1) is 0 Å². The van der Waals surface area contributed by atoms with E-state index in [0.29, 0.717) is 17.0 Å². The number of Topliss-reactive ketones (excluding diaryl/α,β-unsaturated/α-hetero) is 1. The second-order valence-corrected chi connectivity index (χ2v) is 10.2. The van der Waals surface area contributed by atoms with Crippen LogP contribution >= 0.6 is 15.9 Å². The van der Waals surface area contributed by atoms with Crippen LogP contribution in [0.25, 0.3) is 0 Å². The molecule has 0 saturated heterocycles. The van der Waals surface area contributed by atoms with Gasteiger partial charge in [-0.2, -0.15) is 0 Å². The third-order valence-corrected chi connectivity index (χ3v) is 9.01. The number of ketones is 1. The topological polar surface area (TPSA) is 37.3 Å². The lowest BCUT2D eigenvalue weighted by molar-refractivity contribution is -0.125. The van der Waals surface area contributed by atoms with E-state index in [1.165, 1.54) is 32.1 Å². The lowest BCUT2D eigenvalue weighted by atomic mass is 9.57. The number of rotatable bonds is 2. The number of halogens is 1. The molecule has 23 heavy (non-hydrogen) atoms. The van der Waals surface area contributed by atoms with E-state index in [0.717, 1.165) is 48.9 Å². The quantitative estimate of drug-likeness (QED) is 0.709. The summed E-state index contributed by atoms with van der Waals surface area (Å²) in [5.74, 6) is 4.78. The molecule has 0 bridgehead atoms. The number of alkyl halides is 1. The van der Waals surface area contributed by atoms with Crippen LogP contribution in [0.1, 0.15) is 65.2 Å². The first-order chi connectivity index (χ1) is 10.9. The maximum absolute atomic E-state index is 12.4. The minimum atomic E-state index is -0.428. The van der Waals surface area contributed by atoms with Crippen LogP contribution in [0.3, 0.4) is 0 Å². The van der Waals surface area contributed by atoms with Gasteiger partial charge in [0.15, 0.2) is 0 Å². The maximum Gasteiger partial charge on any atom is 0.147 e. The van der Waals surface area contributed by atoms with Crippen LogP contribution in [0.4, 0.5) is 0 Å². The molecule has 1 N–H and O–H groups in total. The SMILES string of the molecule is C[C@@]1(O)CC[C@H]2[C@H](C[C@@H]3[C@@H]2CC[C@]2(C)[C@@H](C(=O)CBr)CC[C@@H]32)C1. The van der Waals surface area contributed by atoms with E-state index in [2.05, 4.69) is 22.9 Å². The van der Waals surface area contributed by atoms with Gasteiger partial charge in [-0.05, 0) is 93.3 Å². The van der Waals surface area contributed by atoms with Crippen LogP contribution in [0, 0.1) is 40.9 Å². The van der Waals surface area contributed by atoms with E-state index in [4.69, 9.17) is 0 Å². The summed E-state index contributed by atoms with van der Waals surface area (Å²) in [6.45, 7) is 4.46. The van der Waals surface area contributed by atoms with E-state index >= 15 is 0 Å². The minimum absolute atomic E-state index is 0.252. The van der Waals surface area contributed by atoms with Gasteiger partial charge in [0.05, 0.1) is 10.9 Å². The molecule has 0 unspecified atom stereocenters. The number of carbonyl (C=O) groups excluding carboxylic acids is 1. The molecular weight excluding hydrogens is 352 g/mol. The Morgan fingerprint density at radius 1 is 1.09 bits per heavy atom. The van der Waals surface area contributed by atoms with Crippen molar-refractivity contribution in [1.82, 2.24) is 0 Å². The number of hydrogen-bond acceptors (Lipinski definition) is 2. The Labute approximate surface area is 148 Å². The van der Waals surface area contributed by atoms with Gasteiger partial charge in [-0.1, -0.05) is 22.9 Å². The van der Waals surface area contributed by atoms with Crippen LogP contribution in [-0.2, 0) is 4.79 Å². The molecule has 3 heteroatoms. The van der Waals surface area contributed by atoms with Crippen LogP contribution in [0.15, 0.2) is 0 Å². The summed E-state index contributed by atoms with van der Waals surface area (Å²) in [5.41, 5.74) is -0.176. The van der Waals surface area contributed by atoms with E-state index in [-0.39, 0.29) is 5.41 Å². The molecule has 4 aliphatic carbocycles. The fourth-order valence-electron chi connectivity index (χ4n) is 7.51. The molecule has 0 aliphatic heterocycles.